The Morgan fingerprint density at radius 3 is 2.58 bits per heavy atom. The molecule has 3 rings (SSSR count). The maximum Gasteiger partial charge on any atom is 0.141 e. The Labute approximate surface area is 116 Å². The molecule has 19 heavy (non-hydrogen) atoms. The summed E-state index contributed by atoms with van der Waals surface area (Å²) in [5.74, 6) is 0.923. The van der Waals surface area contributed by atoms with Crippen molar-refractivity contribution in [2.24, 2.45) is 0 Å². The van der Waals surface area contributed by atoms with Crippen molar-refractivity contribution in [3.05, 3.63) is 47.5 Å². The molecule has 1 aromatic heterocycles. The van der Waals surface area contributed by atoms with E-state index in [9.17, 15) is 0 Å². The largest absolute Gasteiger partial charge is 0.397 e. The van der Waals surface area contributed by atoms with Gasteiger partial charge in [-0.2, -0.15) is 0 Å². The van der Waals surface area contributed by atoms with Gasteiger partial charge < -0.3 is 10.3 Å². The third-order valence-electron chi connectivity index (χ3n) is 3.23. The van der Waals surface area contributed by atoms with Crippen LogP contribution in [0.25, 0.3) is 22.4 Å². The van der Waals surface area contributed by atoms with Crippen molar-refractivity contribution in [1.29, 1.82) is 0 Å². The smallest absolute Gasteiger partial charge is 0.141 e. The zero-order chi connectivity index (χ0) is 13.4. The molecular formula is C15H14ClN3. The van der Waals surface area contributed by atoms with Crippen molar-refractivity contribution in [1.82, 2.24) is 9.55 Å². The first-order chi connectivity index (χ1) is 9.20. The van der Waals surface area contributed by atoms with Crippen LogP contribution >= 0.6 is 11.6 Å². The summed E-state index contributed by atoms with van der Waals surface area (Å²) in [4.78, 5) is 4.68. The second kappa shape index (κ2) is 4.59. The second-order valence-electron chi connectivity index (χ2n) is 4.40. The fourth-order valence-electron chi connectivity index (χ4n) is 2.31. The number of nitrogens with two attached hydrogens (primary N) is 1. The summed E-state index contributed by atoms with van der Waals surface area (Å²) in [6.45, 7) is 2.95. The molecule has 0 amide bonds. The molecule has 1 heterocycles. The average Bonchev–Trinajstić information content (AvgIpc) is 2.79. The summed E-state index contributed by atoms with van der Waals surface area (Å²) in [6, 6.07) is 13.6. The van der Waals surface area contributed by atoms with Crippen LogP contribution in [-0.4, -0.2) is 9.55 Å². The lowest BCUT2D eigenvalue weighted by atomic mass is 10.2. The van der Waals surface area contributed by atoms with E-state index in [-0.39, 0.29) is 0 Å². The normalized spacial score (nSPS) is 11.1. The molecule has 2 N–H and O–H groups in total. The zero-order valence-electron chi connectivity index (χ0n) is 10.6. The summed E-state index contributed by atoms with van der Waals surface area (Å²) in [5, 5.41) is 0.724. The number of rotatable bonds is 2. The minimum atomic E-state index is 0.708. The molecule has 0 radical (unpaired) electrons. The van der Waals surface area contributed by atoms with Gasteiger partial charge in [-0.15, -0.1) is 0 Å². The molecule has 0 atom stereocenters. The van der Waals surface area contributed by atoms with Crippen molar-refractivity contribution in [2.45, 2.75) is 13.5 Å². The van der Waals surface area contributed by atoms with Gasteiger partial charge in [0.2, 0.25) is 0 Å². The zero-order valence-corrected chi connectivity index (χ0v) is 11.4. The first-order valence-electron chi connectivity index (χ1n) is 6.21. The Kier molecular flexibility index (Phi) is 2.91. The summed E-state index contributed by atoms with van der Waals surface area (Å²) in [6.07, 6.45) is 0. The minimum Gasteiger partial charge on any atom is -0.397 e. The number of nitrogens with zero attached hydrogens (tertiary/aromatic N) is 2. The monoisotopic (exact) mass is 271 g/mol. The number of hydrogen-bond acceptors (Lipinski definition) is 2. The topological polar surface area (TPSA) is 43.8 Å². The van der Waals surface area contributed by atoms with Crippen LogP contribution in [0, 0.1) is 0 Å². The van der Waals surface area contributed by atoms with E-state index in [1.54, 1.807) is 0 Å². The molecule has 3 nitrogen and oxygen atoms in total. The molecule has 96 valence electrons. The molecule has 0 fully saturated rings. The lowest BCUT2D eigenvalue weighted by Gasteiger charge is -2.06. The third-order valence-corrected chi connectivity index (χ3v) is 3.48. The number of hydrogen-bond donors (Lipinski definition) is 1. The van der Waals surface area contributed by atoms with Crippen LogP contribution in [0.1, 0.15) is 6.92 Å². The van der Waals surface area contributed by atoms with Gasteiger partial charge in [-0.25, -0.2) is 4.98 Å². The number of aromatic nitrogens is 2. The predicted molar refractivity (Wildman–Crippen MR) is 80.3 cm³/mol. The highest BCUT2D eigenvalue weighted by atomic mass is 35.5. The van der Waals surface area contributed by atoms with E-state index in [0.29, 0.717) is 5.69 Å². The molecule has 0 saturated heterocycles. The molecule has 0 aliphatic rings. The van der Waals surface area contributed by atoms with E-state index in [1.165, 1.54) is 0 Å². The van der Waals surface area contributed by atoms with Crippen LogP contribution in [0.15, 0.2) is 42.5 Å². The van der Waals surface area contributed by atoms with Crippen LogP contribution in [0.5, 0.6) is 0 Å². The Morgan fingerprint density at radius 1 is 1.16 bits per heavy atom. The number of halogens is 1. The highest BCUT2D eigenvalue weighted by Gasteiger charge is 2.12. The van der Waals surface area contributed by atoms with E-state index in [2.05, 4.69) is 16.5 Å². The van der Waals surface area contributed by atoms with Crippen LogP contribution in [0.2, 0.25) is 5.02 Å². The SMILES string of the molecule is CCn1c(-c2ccc(Cl)cc2)nc2c(N)cccc21. The lowest BCUT2D eigenvalue weighted by molar-refractivity contribution is 0.796. The van der Waals surface area contributed by atoms with E-state index in [4.69, 9.17) is 17.3 Å². The summed E-state index contributed by atoms with van der Waals surface area (Å²) in [7, 11) is 0. The maximum absolute atomic E-state index is 6.00. The van der Waals surface area contributed by atoms with Crippen LogP contribution < -0.4 is 5.73 Å². The lowest BCUT2D eigenvalue weighted by Crippen LogP contribution is -1.97. The van der Waals surface area contributed by atoms with Crippen molar-refractivity contribution < 1.29 is 0 Å². The second-order valence-corrected chi connectivity index (χ2v) is 4.84. The number of aryl methyl sites for hydroxylation is 1. The van der Waals surface area contributed by atoms with Crippen LogP contribution in [0.3, 0.4) is 0 Å². The van der Waals surface area contributed by atoms with Crippen LogP contribution in [0.4, 0.5) is 5.69 Å². The minimum absolute atomic E-state index is 0.708. The maximum atomic E-state index is 6.00. The Balaban J connectivity index is 2.29. The van der Waals surface area contributed by atoms with Crippen molar-refractivity contribution in [3.63, 3.8) is 0 Å². The van der Waals surface area contributed by atoms with Gasteiger partial charge in [0.25, 0.3) is 0 Å². The van der Waals surface area contributed by atoms with Gasteiger partial charge in [0.05, 0.1) is 11.2 Å². The fourth-order valence-corrected chi connectivity index (χ4v) is 2.43. The number of anilines is 1. The van der Waals surface area contributed by atoms with Gasteiger partial charge in [-0.3, -0.25) is 0 Å². The van der Waals surface area contributed by atoms with Gasteiger partial charge in [0, 0.05) is 17.1 Å². The molecule has 0 spiro atoms. The standard InChI is InChI=1S/C15H14ClN3/c1-2-19-13-5-3-4-12(17)14(13)18-15(19)10-6-8-11(16)9-7-10/h3-9H,2,17H2,1H3. The van der Waals surface area contributed by atoms with Crippen LogP contribution in [-0.2, 0) is 6.54 Å². The van der Waals surface area contributed by atoms with Gasteiger partial charge in [0.1, 0.15) is 11.3 Å². The molecule has 3 aromatic rings. The number of fused-ring (bicyclic) bond motifs is 1. The highest BCUT2D eigenvalue weighted by Crippen LogP contribution is 2.28. The summed E-state index contributed by atoms with van der Waals surface area (Å²) in [5.41, 5.74) is 9.67. The first-order valence-corrected chi connectivity index (χ1v) is 6.59. The molecule has 4 heteroatoms. The molecule has 0 aliphatic carbocycles. The molecule has 0 aliphatic heterocycles. The third kappa shape index (κ3) is 1.96. The Bertz CT molecular complexity index is 729. The predicted octanol–water partition coefficient (Wildman–Crippen LogP) is 3.96. The fraction of sp³-hybridized carbons (Fsp3) is 0.133. The van der Waals surface area contributed by atoms with Gasteiger partial charge in [-0.05, 0) is 43.3 Å². The Hall–Kier alpha value is -2.00. The molecule has 0 bridgehead atoms. The number of imidazole rings is 1. The van der Waals surface area contributed by atoms with Gasteiger partial charge >= 0.3 is 0 Å². The van der Waals surface area contributed by atoms with Crippen molar-refractivity contribution >= 4 is 28.3 Å². The average molecular weight is 272 g/mol. The summed E-state index contributed by atoms with van der Waals surface area (Å²) < 4.78 is 2.16. The molecule has 0 unspecified atom stereocenters. The molecule has 0 saturated carbocycles. The van der Waals surface area contributed by atoms with Gasteiger partial charge in [0.15, 0.2) is 0 Å². The van der Waals surface area contributed by atoms with Crippen molar-refractivity contribution in [2.75, 3.05) is 5.73 Å². The summed E-state index contributed by atoms with van der Waals surface area (Å²) >= 11 is 5.93. The van der Waals surface area contributed by atoms with Crippen molar-refractivity contribution in [3.8, 4) is 11.4 Å². The first kappa shape index (κ1) is 12.1. The quantitative estimate of drug-likeness (QED) is 0.717. The van der Waals surface area contributed by atoms with E-state index < -0.39 is 0 Å². The van der Waals surface area contributed by atoms with E-state index in [1.807, 2.05) is 42.5 Å². The van der Waals surface area contributed by atoms with Gasteiger partial charge in [-0.1, -0.05) is 17.7 Å². The van der Waals surface area contributed by atoms with E-state index >= 15 is 0 Å². The Morgan fingerprint density at radius 2 is 1.89 bits per heavy atom. The molecule has 2 aromatic carbocycles. The number of nitrogen functional groups attached to an aromatic ring is 1. The molecular weight excluding hydrogens is 258 g/mol. The van der Waals surface area contributed by atoms with E-state index in [0.717, 1.165) is 34.0 Å². The number of para-hydroxylation sites is 1. The number of benzene rings is 2. The highest BCUT2D eigenvalue weighted by molar-refractivity contribution is 6.30.